The highest BCUT2D eigenvalue weighted by Crippen LogP contribution is 2.35. The van der Waals surface area contributed by atoms with Crippen molar-refractivity contribution in [2.24, 2.45) is 17.6 Å². The number of anilines is 2. The third kappa shape index (κ3) is 7.43. The molecule has 59 heavy (non-hydrogen) atoms. The third-order valence-corrected chi connectivity index (χ3v) is 13.0. The molecule has 0 spiro atoms. The van der Waals surface area contributed by atoms with Gasteiger partial charge in [0.15, 0.2) is 0 Å². The average Bonchev–Trinajstić information content (AvgIpc) is 3.70. The highest BCUT2D eigenvalue weighted by atomic mass is 16.2. The number of nitrogens with one attached hydrogen (secondary N) is 1. The number of hydrogen-bond acceptors (Lipinski definition) is 11. The second-order valence-corrected chi connectivity index (χ2v) is 16.7. The average molecular weight is 804 g/mol. The van der Waals surface area contributed by atoms with Gasteiger partial charge in [-0.05, 0) is 79.5 Å². The maximum absolute atomic E-state index is 13.4. The van der Waals surface area contributed by atoms with Gasteiger partial charge in [-0.1, -0.05) is 18.2 Å². The van der Waals surface area contributed by atoms with Crippen LogP contribution < -0.4 is 20.9 Å². The number of likely N-dealkylation sites (N-methyl/N-ethyl adjacent to an activating group) is 1. The van der Waals surface area contributed by atoms with Crippen LogP contribution in [0.25, 0.3) is 0 Å². The molecule has 0 radical (unpaired) electrons. The van der Waals surface area contributed by atoms with Crippen molar-refractivity contribution in [2.45, 2.75) is 51.1 Å². The molecule has 1 aromatic heterocycles. The summed E-state index contributed by atoms with van der Waals surface area (Å²) < 4.78 is 0. The molecule has 2 aromatic carbocycles. The van der Waals surface area contributed by atoms with E-state index in [4.69, 9.17) is 10.7 Å². The van der Waals surface area contributed by atoms with Crippen molar-refractivity contribution in [2.75, 3.05) is 75.8 Å². The Morgan fingerprint density at radius 1 is 0.814 bits per heavy atom. The Labute approximate surface area is 342 Å². The lowest BCUT2D eigenvalue weighted by atomic mass is 9.80. The molecule has 308 valence electrons. The number of aromatic nitrogens is 2. The Kier molecular flexibility index (Phi) is 10.1. The summed E-state index contributed by atoms with van der Waals surface area (Å²) in [6.07, 6.45) is 6.10. The summed E-state index contributed by atoms with van der Waals surface area (Å²) in [5.74, 6) is -0.406. The van der Waals surface area contributed by atoms with Gasteiger partial charge >= 0.3 is 12.1 Å². The number of carbonyl (C=O) groups excluding carboxylic acids is 6. The lowest BCUT2D eigenvalue weighted by molar-refractivity contribution is -0.122. The molecule has 6 aliphatic heterocycles. The van der Waals surface area contributed by atoms with E-state index in [2.05, 4.69) is 49.3 Å². The molecule has 3 atom stereocenters. The summed E-state index contributed by atoms with van der Waals surface area (Å²) in [6, 6.07) is 13.1. The van der Waals surface area contributed by atoms with Crippen molar-refractivity contribution < 1.29 is 28.8 Å². The first-order valence-corrected chi connectivity index (χ1v) is 20.6. The maximum Gasteiger partial charge on any atom is 0.343 e. The van der Waals surface area contributed by atoms with Crippen LogP contribution in [0.3, 0.4) is 0 Å². The topological polar surface area (TPSA) is 189 Å². The Balaban J connectivity index is 0.827. The van der Waals surface area contributed by atoms with Crippen LogP contribution in [0.1, 0.15) is 80.1 Å². The van der Waals surface area contributed by atoms with Gasteiger partial charge in [-0.25, -0.2) is 24.6 Å². The molecule has 5 fully saturated rings. The fourth-order valence-corrected chi connectivity index (χ4v) is 9.75. The number of amides is 8. The second-order valence-electron chi connectivity index (χ2n) is 16.7. The van der Waals surface area contributed by atoms with E-state index in [0.717, 1.165) is 98.3 Å². The highest BCUT2D eigenvalue weighted by Gasteiger charge is 2.43. The summed E-state index contributed by atoms with van der Waals surface area (Å²) in [5.41, 5.74) is 10.0. The Morgan fingerprint density at radius 2 is 1.59 bits per heavy atom. The van der Waals surface area contributed by atoms with Crippen LogP contribution in [0.5, 0.6) is 0 Å². The number of benzene rings is 2. The standard InChI is InChI=1S/C42H49N11O6/c1-47-17-18-51(42(47)59)31-3-2-13-50(25-31)35-21-44-37(38(43)55)34(45-35)20-26-4-7-30(8-5-26)49-15-11-28-10-14-48(23-29(28)24-49)22-27-6-9-32-33(19-27)40(57)53(39(32)56)52-16-12-36(54)46-41(52)58/h4-9,19,21,28-29,31H,2-3,10-18,20,22-25H2,1H3,(H2,43,55)(H,46,54,58)/t28-,29+,31+/m0/s1. The zero-order chi connectivity index (χ0) is 40.9. The third-order valence-electron chi connectivity index (χ3n) is 13.0. The van der Waals surface area contributed by atoms with Crippen molar-refractivity contribution in [1.82, 2.24) is 40.0 Å². The fraction of sp³-hybridized carbons (Fsp3) is 0.476. The van der Waals surface area contributed by atoms with Crippen LogP contribution >= 0.6 is 0 Å². The highest BCUT2D eigenvalue weighted by molar-refractivity contribution is 6.22. The summed E-state index contributed by atoms with van der Waals surface area (Å²) >= 11 is 0. The molecule has 17 heteroatoms. The molecule has 3 N–H and O–H groups in total. The van der Waals surface area contributed by atoms with Crippen molar-refractivity contribution in [1.29, 1.82) is 0 Å². The number of piperidine rings is 3. The van der Waals surface area contributed by atoms with E-state index < -0.39 is 29.7 Å². The van der Waals surface area contributed by atoms with Crippen LogP contribution in [-0.4, -0.2) is 142 Å². The van der Waals surface area contributed by atoms with Gasteiger partial charge in [-0.2, -0.15) is 5.01 Å². The quantitative estimate of drug-likeness (QED) is 0.302. The van der Waals surface area contributed by atoms with E-state index in [1.54, 1.807) is 23.2 Å². The van der Waals surface area contributed by atoms with E-state index in [-0.39, 0.29) is 41.9 Å². The Bertz CT molecular complexity index is 2220. The Morgan fingerprint density at radius 3 is 2.36 bits per heavy atom. The number of imide groups is 2. The number of rotatable bonds is 9. The first-order valence-electron chi connectivity index (χ1n) is 20.6. The summed E-state index contributed by atoms with van der Waals surface area (Å²) in [7, 11) is 1.83. The number of primary amides is 1. The largest absolute Gasteiger partial charge is 0.371 e. The van der Waals surface area contributed by atoms with Gasteiger partial charge in [-0.15, -0.1) is 0 Å². The minimum atomic E-state index is -0.778. The molecule has 9 rings (SSSR count). The van der Waals surface area contributed by atoms with Crippen LogP contribution in [-0.2, 0) is 17.8 Å². The molecule has 17 nitrogen and oxygen atoms in total. The molecule has 0 unspecified atom stereocenters. The molecule has 3 aromatic rings. The lowest BCUT2D eigenvalue weighted by Crippen LogP contribution is -2.58. The minimum Gasteiger partial charge on any atom is -0.371 e. The summed E-state index contributed by atoms with van der Waals surface area (Å²) in [6.45, 7) is 7.25. The summed E-state index contributed by atoms with van der Waals surface area (Å²) in [5, 5.41) is 4.03. The predicted molar refractivity (Wildman–Crippen MR) is 215 cm³/mol. The van der Waals surface area contributed by atoms with Gasteiger partial charge in [0, 0.05) is 77.9 Å². The molecular weight excluding hydrogens is 755 g/mol. The van der Waals surface area contributed by atoms with E-state index >= 15 is 0 Å². The van der Waals surface area contributed by atoms with Crippen molar-refractivity contribution in [3.05, 3.63) is 82.3 Å². The first kappa shape index (κ1) is 38.4. The smallest absolute Gasteiger partial charge is 0.343 e. The van der Waals surface area contributed by atoms with Crippen LogP contribution in [0.15, 0.2) is 48.7 Å². The van der Waals surface area contributed by atoms with Crippen LogP contribution in [0.2, 0.25) is 0 Å². The summed E-state index contributed by atoms with van der Waals surface area (Å²) in [4.78, 5) is 95.9. The van der Waals surface area contributed by atoms with E-state index in [1.807, 2.05) is 18.0 Å². The number of nitrogens with two attached hydrogens (primary N) is 1. The number of fused-ring (bicyclic) bond motifs is 2. The second kappa shape index (κ2) is 15.6. The van der Waals surface area contributed by atoms with Gasteiger partial charge < -0.3 is 25.3 Å². The lowest BCUT2D eigenvalue weighted by Gasteiger charge is -2.45. The SMILES string of the molecule is CN1CCN([C@@H]2CCCN(c3cnc(C(N)=O)c(Cc4ccc(N5CC[C@@H]6CCN(Cc7ccc8c(c7)C(=O)N(N7CCC(=O)NC7=O)C8=O)C[C@@H]6C5)cc4)n3)C2)C1=O. The molecule has 0 saturated carbocycles. The number of hydrogen-bond donors (Lipinski definition) is 2. The predicted octanol–water partition coefficient (Wildman–Crippen LogP) is 2.30. The zero-order valence-corrected chi connectivity index (χ0v) is 33.2. The van der Waals surface area contributed by atoms with Gasteiger partial charge in [-0.3, -0.25) is 29.4 Å². The molecule has 0 aliphatic carbocycles. The fourth-order valence-electron chi connectivity index (χ4n) is 9.75. The number of hydrazine groups is 1. The monoisotopic (exact) mass is 803 g/mol. The molecule has 5 saturated heterocycles. The molecular formula is C42H49N11O6. The minimum absolute atomic E-state index is 0.0119. The van der Waals surface area contributed by atoms with Gasteiger partial charge in [0.05, 0.1) is 35.6 Å². The molecule has 7 heterocycles. The van der Waals surface area contributed by atoms with E-state index in [0.29, 0.717) is 42.9 Å². The number of likely N-dealkylation sites (tertiary alicyclic amines) is 1. The van der Waals surface area contributed by atoms with Gasteiger partial charge in [0.25, 0.3) is 17.7 Å². The van der Waals surface area contributed by atoms with E-state index in [1.165, 1.54) is 0 Å². The first-order chi connectivity index (χ1) is 28.5. The van der Waals surface area contributed by atoms with E-state index in [9.17, 15) is 28.8 Å². The Hall–Kier alpha value is -6.10. The normalized spacial score (nSPS) is 23.9. The molecule has 8 amide bonds. The number of nitrogens with zero attached hydrogens (tertiary/aromatic N) is 9. The maximum atomic E-state index is 13.4. The zero-order valence-electron chi connectivity index (χ0n) is 33.2. The van der Waals surface area contributed by atoms with Crippen molar-refractivity contribution >= 4 is 47.2 Å². The van der Waals surface area contributed by atoms with Gasteiger partial charge in [0.2, 0.25) is 5.91 Å². The molecule has 0 bridgehead atoms. The van der Waals surface area contributed by atoms with Crippen LogP contribution in [0.4, 0.5) is 21.1 Å². The number of urea groups is 2. The molecule has 6 aliphatic rings. The number of carbonyl (C=O) groups is 6. The van der Waals surface area contributed by atoms with Gasteiger partial charge in [0.1, 0.15) is 11.5 Å². The van der Waals surface area contributed by atoms with Crippen molar-refractivity contribution in [3.8, 4) is 0 Å². The van der Waals surface area contributed by atoms with Crippen molar-refractivity contribution in [3.63, 3.8) is 0 Å². The van der Waals surface area contributed by atoms with Crippen LogP contribution in [0, 0.1) is 11.8 Å².